The molecule has 0 aliphatic rings. The van der Waals surface area contributed by atoms with Crippen molar-refractivity contribution in [3.63, 3.8) is 0 Å². The molecule has 7 heteroatoms. The maximum Gasteiger partial charge on any atom is 0.320 e. The minimum atomic E-state index is -1.04. The number of carboxylic acids is 1. The van der Waals surface area contributed by atoms with Gasteiger partial charge in [0.2, 0.25) is 5.91 Å². The molecule has 21 heavy (non-hydrogen) atoms. The molecule has 0 saturated heterocycles. The van der Waals surface area contributed by atoms with Crippen LogP contribution in [0, 0.1) is 5.82 Å². The number of thioether (sulfide) groups is 1. The van der Waals surface area contributed by atoms with Gasteiger partial charge in [-0.05, 0) is 18.2 Å². The van der Waals surface area contributed by atoms with Crippen LogP contribution in [0.3, 0.4) is 0 Å². The highest BCUT2D eigenvalue weighted by molar-refractivity contribution is 7.99. The monoisotopic (exact) mass is 314 g/mol. The maximum absolute atomic E-state index is 13.5. The molecule has 0 aliphatic carbocycles. The zero-order chi connectivity index (χ0) is 15.8. The number of carboxylic acid groups (broad SMARTS) is 1. The van der Waals surface area contributed by atoms with Crippen LogP contribution in [0.15, 0.2) is 24.3 Å². The van der Waals surface area contributed by atoms with Crippen molar-refractivity contribution in [2.75, 3.05) is 18.6 Å². The van der Waals surface area contributed by atoms with E-state index in [1.165, 1.54) is 22.7 Å². The first-order valence-corrected chi connectivity index (χ1v) is 7.60. The molecule has 1 rings (SSSR count). The van der Waals surface area contributed by atoms with Gasteiger partial charge in [0.15, 0.2) is 0 Å². The van der Waals surface area contributed by atoms with E-state index in [0.717, 1.165) is 0 Å². The summed E-state index contributed by atoms with van der Waals surface area (Å²) in [5.74, 6) is -0.799. The number of amides is 1. The van der Waals surface area contributed by atoms with Crippen LogP contribution < -0.4 is 5.73 Å². The van der Waals surface area contributed by atoms with Gasteiger partial charge in [-0.2, -0.15) is 11.8 Å². The predicted octanol–water partition coefficient (Wildman–Crippen LogP) is 1.32. The summed E-state index contributed by atoms with van der Waals surface area (Å²) in [6.07, 6.45) is 0.310. The van der Waals surface area contributed by atoms with Crippen molar-refractivity contribution in [1.82, 2.24) is 4.90 Å². The number of carbonyl (C=O) groups excluding carboxylic acids is 1. The van der Waals surface area contributed by atoms with Gasteiger partial charge in [0, 0.05) is 19.2 Å². The summed E-state index contributed by atoms with van der Waals surface area (Å²) < 4.78 is 13.5. The second-order valence-corrected chi connectivity index (χ2v) is 5.73. The molecule has 0 bridgehead atoms. The van der Waals surface area contributed by atoms with Crippen molar-refractivity contribution < 1.29 is 19.1 Å². The second-order valence-electron chi connectivity index (χ2n) is 4.63. The zero-order valence-electron chi connectivity index (χ0n) is 11.8. The van der Waals surface area contributed by atoms with E-state index < -0.39 is 12.0 Å². The number of carbonyl (C=O) groups is 2. The third-order valence-electron chi connectivity index (χ3n) is 2.91. The lowest BCUT2D eigenvalue weighted by Gasteiger charge is -2.17. The van der Waals surface area contributed by atoms with Crippen LogP contribution in [0.4, 0.5) is 4.39 Å². The van der Waals surface area contributed by atoms with Gasteiger partial charge in [0.05, 0.1) is 5.75 Å². The molecule has 0 saturated carbocycles. The molecule has 1 amide bonds. The van der Waals surface area contributed by atoms with Crippen LogP contribution in [0.1, 0.15) is 12.0 Å². The Hall–Kier alpha value is -1.60. The third-order valence-corrected chi connectivity index (χ3v) is 3.88. The second kappa shape index (κ2) is 8.63. The van der Waals surface area contributed by atoms with Crippen molar-refractivity contribution in [2.45, 2.75) is 19.0 Å². The summed E-state index contributed by atoms with van der Waals surface area (Å²) in [7, 11) is 1.61. The van der Waals surface area contributed by atoms with E-state index in [1.807, 2.05) is 0 Å². The van der Waals surface area contributed by atoms with Gasteiger partial charge < -0.3 is 15.7 Å². The summed E-state index contributed by atoms with van der Waals surface area (Å²) in [4.78, 5) is 23.8. The van der Waals surface area contributed by atoms with E-state index in [2.05, 4.69) is 0 Å². The first-order chi connectivity index (χ1) is 9.91. The lowest BCUT2D eigenvalue weighted by Crippen LogP contribution is -2.31. The van der Waals surface area contributed by atoms with Crippen LogP contribution in [-0.2, 0) is 16.1 Å². The number of halogens is 1. The molecule has 116 valence electrons. The highest BCUT2D eigenvalue weighted by Crippen LogP contribution is 2.11. The molecule has 0 spiro atoms. The highest BCUT2D eigenvalue weighted by atomic mass is 32.2. The summed E-state index contributed by atoms with van der Waals surface area (Å²) >= 11 is 1.32. The van der Waals surface area contributed by atoms with Crippen LogP contribution in [0.2, 0.25) is 0 Å². The third kappa shape index (κ3) is 6.14. The molecule has 0 aromatic heterocycles. The van der Waals surface area contributed by atoms with Crippen LogP contribution in [0.25, 0.3) is 0 Å². The molecule has 0 radical (unpaired) electrons. The smallest absolute Gasteiger partial charge is 0.320 e. The van der Waals surface area contributed by atoms with E-state index in [9.17, 15) is 14.0 Å². The molecule has 1 unspecified atom stereocenters. The van der Waals surface area contributed by atoms with Crippen molar-refractivity contribution in [3.05, 3.63) is 35.6 Å². The normalized spacial score (nSPS) is 12.0. The molecule has 0 aliphatic heterocycles. The van der Waals surface area contributed by atoms with Gasteiger partial charge in [-0.25, -0.2) is 4.39 Å². The summed E-state index contributed by atoms with van der Waals surface area (Å²) in [6, 6.07) is 5.41. The van der Waals surface area contributed by atoms with Gasteiger partial charge >= 0.3 is 5.97 Å². The Morgan fingerprint density at radius 3 is 2.71 bits per heavy atom. The van der Waals surface area contributed by atoms with Crippen molar-refractivity contribution in [3.8, 4) is 0 Å². The Morgan fingerprint density at radius 2 is 2.10 bits per heavy atom. The first-order valence-electron chi connectivity index (χ1n) is 6.45. The Kier molecular flexibility index (Phi) is 7.18. The van der Waals surface area contributed by atoms with E-state index in [1.54, 1.807) is 25.2 Å². The van der Waals surface area contributed by atoms with Gasteiger partial charge in [-0.15, -0.1) is 0 Å². The van der Waals surface area contributed by atoms with Crippen LogP contribution >= 0.6 is 11.8 Å². The summed E-state index contributed by atoms with van der Waals surface area (Å²) in [6.45, 7) is 0.209. The fourth-order valence-electron chi connectivity index (χ4n) is 1.57. The molecule has 3 N–H and O–H groups in total. The van der Waals surface area contributed by atoms with Gasteiger partial charge in [0.1, 0.15) is 11.9 Å². The Bertz CT molecular complexity index is 499. The van der Waals surface area contributed by atoms with Gasteiger partial charge in [-0.1, -0.05) is 18.2 Å². The SMILES string of the molecule is CN(Cc1ccccc1F)C(=O)CSCCC(N)C(=O)O. The number of aliphatic carboxylic acids is 1. The molecule has 5 nitrogen and oxygen atoms in total. The summed E-state index contributed by atoms with van der Waals surface area (Å²) in [5, 5.41) is 8.62. The number of hydrogen-bond donors (Lipinski definition) is 2. The number of nitrogens with zero attached hydrogens (tertiary/aromatic N) is 1. The average molecular weight is 314 g/mol. The maximum atomic E-state index is 13.5. The quantitative estimate of drug-likeness (QED) is 0.707. The fourth-order valence-corrected chi connectivity index (χ4v) is 2.53. The molecular weight excluding hydrogens is 295 g/mol. The summed E-state index contributed by atoms with van der Waals surface area (Å²) in [5.41, 5.74) is 5.83. The lowest BCUT2D eigenvalue weighted by molar-refractivity contribution is -0.138. The van der Waals surface area contributed by atoms with E-state index in [0.29, 0.717) is 17.7 Å². The standard InChI is InChI=1S/C14H19FN2O3S/c1-17(8-10-4-2-3-5-11(10)15)13(18)9-21-7-6-12(16)14(19)20/h2-5,12H,6-9,16H2,1H3,(H,19,20). The van der Waals surface area contributed by atoms with E-state index >= 15 is 0 Å². The van der Waals surface area contributed by atoms with Crippen molar-refractivity contribution in [2.24, 2.45) is 5.73 Å². The first kappa shape index (κ1) is 17.5. The average Bonchev–Trinajstić information content (AvgIpc) is 2.45. The largest absolute Gasteiger partial charge is 0.480 e. The van der Waals surface area contributed by atoms with E-state index in [4.69, 9.17) is 10.8 Å². The Balaban J connectivity index is 2.32. The lowest BCUT2D eigenvalue weighted by atomic mass is 10.2. The number of rotatable bonds is 8. The van der Waals surface area contributed by atoms with Crippen molar-refractivity contribution >= 4 is 23.6 Å². The highest BCUT2D eigenvalue weighted by Gasteiger charge is 2.13. The Labute approximate surface area is 127 Å². The number of hydrogen-bond acceptors (Lipinski definition) is 4. The fraction of sp³-hybridized carbons (Fsp3) is 0.429. The molecule has 1 aromatic rings. The topological polar surface area (TPSA) is 83.6 Å². The minimum Gasteiger partial charge on any atom is -0.480 e. The molecule has 0 fully saturated rings. The molecule has 1 aromatic carbocycles. The van der Waals surface area contributed by atoms with Gasteiger partial charge in [-0.3, -0.25) is 9.59 Å². The molecule has 1 atom stereocenters. The van der Waals surface area contributed by atoms with Gasteiger partial charge in [0.25, 0.3) is 0 Å². The number of nitrogens with two attached hydrogens (primary N) is 1. The number of benzene rings is 1. The molecule has 0 heterocycles. The predicted molar refractivity (Wildman–Crippen MR) is 80.4 cm³/mol. The van der Waals surface area contributed by atoms with Crippen LogP contribution in [-0.4, -0.2) is 46.5 Å². The Morgan fingerprint density at radius 1 is 1.43 bits per heavy atom. The zero-order valence-corrected chi connectivity index (χ0v) is 12.6. The molecular formula is C14H19FN2O3S. The van der Waals surface area contributed by atoms with E-state index in [-0.39, 0.29) is 24.0 Å². The van der Waals surface area contributed by atoms with Crippen LogP contribution in [0.5, 0.6) is 0 Å². The minimum absolute atomic E-state index is 0.132. The van der Waals surface area contributed by atoms with Crippen molar-refractivity contribution in [1.29, 1.82) is 0 Å².